The molecule has 0 aromatic heterocycles. The zero-order valence-corrected chi connectivity index (χ0v) is 7.51. The van der Waals surface area contributed by atoms with Crippen LogP contribution in [0.3, 0.4) is 0 Å². The van der Waals surface area contributed by atoms with Gasteiger partial charge < -0.3 is 14.2 Å². The highest BCUT2D eigenvalue weighted by atomic mass is 16.6. The SMILES string of the molecule is O=COc1ccccc1OCC1CO1. The Kier molecular flexibility index (Phi) is 2.65. The van der Waals surface area contributed by atoms with Crippen molar-refractivity contribution in [1.29, 1.82) is 0 Å². The maximum absolute atomic E-state index is 10.2. The maximum atomic E-state index is 10.2. The second kappa shape index (κ2) is 4.11. The number of ether oxygens (including phenoxy) is 3. The molecule has 0 spiro atoms. The molecule has 4 heteroatoms. The van der Waals surface area contributed by atoms with Crippen molar-refractivity contribution in [3.8, 4) is 11.5 Å². The van der Waals surface area contributed by atoms with Crippen molar-refractivity contribution in [1.82, 2.24) is 0 Å². The molecule has 1 fully saturated rings. The van der Waals surface area contributed by atoms with Crippen LogP contribution < -0.4 is 9.47 Å². The van der Waals surface area contributed by atoms with Crippen molar-refractivity contribution < 1.29 is 19.0 Å². The van der Waals surface area contributed by atoms with Crippen LogP contribution in [-0.2, 0) is 9.53 Å². The lowest BCUT2D eigenvalue weighted by Crippen LogP contribution is -2.05. The molecule has 0 radical (unpaired) electrons. The van der Waals surface area contributed by atoms with Crippen molar-refractivity contribution in [3.63, 3.8) is 0 Å². The van der Waals surface area contributed by atoms with Gasteiger partial charge in [-0.2, -0.15) is 0 Å². The minimum Gasteiger partial charge on any atom is -0.487 e. The Morgan fingerprint density at radius 3 is 2.79 bits per heavy atom. The minimum atomic E-state index is 0.194. The minimum absolute atomic E-state index is 0.194. The molecule has 1 heterocycles. The molecular formula is C10H10O4. The summed E-state index contributed by atoms with van der Waals surface area (Å²) in [6, 6.07) is 7.03. The highest BCUT2D eigenvalue weighted by Gasteiger charge is 2.23. The standard InChI is InChI=1S/C10H10O4/c11-7-14-10-4-2-1-3-9(10)13-6-8-5-12-8/h1-4,7-8H,5-6H2. The molecular weight excluding hydrogens is 184 g/mol. The van der Waals surface area contributed by atoms with Crippen LogP contribution in [0.2, 0.25) is 0 Å². The van der Waals surface area contributed by atoms with E-state index in [0.717, 1.165) is 6.61 Å². The molecule has 74 valence electrons. The summed E-state index contributed by atoms with van der Waals surface area (Å²) in [5, 5.41) is 0. The lowest BCUT2D eigenvalue weighted by molar-refractivity contribution is -0.120. The van der Waals surface area contributed by atoms with Crippen LogP contribution in [0.1, 0.15) is 0 Å². The molecule has 1 aromatic carbocycles. The smallest absolute Gasteiger partial charge is 0.298 e. The zero-order valence-electron chi connectivity index (χ0n) is 7.51. The molecule has 0 N–H and O–H groups in total. The van der Waals surface area contributed by atoms with E-state index < -0.39 is 0 Å². The number of hydrogen-bond donors (Lipinski definition) is 0. The van der Waals surface area contributed by atoms with Crippen LogP contribution in [0.25, 0.3) is 0 Å². The summed E-state index contributed by atoms with van der Waals surface area (Å²) in [7, 11) is 0. The molecule has 0 aliphatic carbocycles. The quantitative estimate of drug-likeness (QED) is 0.518. The van der Waals surface area contributed by atoms with E-state index in [9.17, 15) is 4.79 Å². The van der Waals surface area contributed by atoms with Gasteiger partial charge in [-0.15, -0.1) is 0 Å². The van der Waals surface area contributed by atoms with Crippen molar-refractivity contribution in [2.24, 2.45) is 0 Å². The van der Waals surface area contributed by atoms with Gasteiger partial charge in [-0.05, 0) is 12.1 Å². The molecule has 1 aliphatic rings. The predicted molar refractivity (Wildman–Crippen MR) is 48.4 cm³/mol. The Morgan fingerprint density at radius 2 is 2.14 bits per heavy atom. The number of hydrogen-bond acceptors (Lipinski definition) is 4. The molecule has 1 saturated heterocycles. The van der Waals surface area contributed by atoms with E-state index in [2.05, 4.69) is 0 Å². The van der Waals surface area contributed by atoms with Crippen LogP contribution in [0.5, 0.6) is 11.5 Å². The molecule has 0 bridgehead atoms. The van der Waals surface area contributed by atoms with E-state index in [4.69, 9.17) is 14.2 Å². The molecule has 1 unspecified atom stereocenters. The molecule has 1 aromatic rings. The fourth-order valence-electron chi connectivity index (χ4n) is 1.07. The first-order valence-electron chi connectivity index (χ1n) is 4.34. The normalized spacial score (nSPS) is 18.7. The van der Waals surface area contributed by atoms with Gasteiger partial charge in [0.25, 0.3) is 6.47 Å². The second-order valence-electron chi connectivity index (χ2n) is 2.93. The van der Waals surface area contributed by atoms with Crippen LogP contribution in [-0.4, -0.2) is 25.8 Å². The van der Waals surface area contributed by atoms with E-state index in [-0.39, 0.29) is 6.10 Å². The maximum Gasteiger partial charge on any atom is 0.298 e. The van der Waals surface area contributed by atoms with Gasteiger partial charge in [0.15, 0.2) is 11.5 Å². The van der Waals surface area contributed by atoms with E-state index in [1.807, 2.05) is 6.07 Å². The Balaban J connectivity index is 2.01. The first-order valence-corrected chi connectivity index (χ1v) is 4.34. The lowest BCUT2D eigenvalue weighted by Gasteiger charge is -2.07. The molecule has 14 heavy (non-hydrogen) atoms. The summed E-state index contributed by atoms with van der Waals surface area (Å²) < 4.78 is 15.1. The van der Waals surface area contributed by atoms with Gasteiger partial charge in [0, 0.05) is 0 Å². The summed E-state index contributed by atoms with van der Waals surface area (Å²) in [5.74, 6) is 0.998. The second-order valence-corrected chi connectivity index (χ2v) is 2.93. The number of carbonyl (C=O) groups is 1. The van der Waals surface area contributed by atoms with Crippen LogP contribution >= 0.6 is 0 Å². The summed E-state index contributed by atoms with van der Waals surface area (Å²) in [5.41, 5.74) is 0. The first kappa shape index (κ1) is 9.02. The highest BCUT2D eigenvalue weighted by molar-refractivity contribution is 5.50. The molecule has 0 amide bonds. The van der Waals surface area contributed by atoms with Gasteiger partial charge in [0.05, 0.1) is 6.61 Å². The van der Waals surface area contributed by atoms with Crippen molar-refractivity contribution in [2.75, 3.05) is 13.2 Å². The Labute approximate surface area is 81.4 Å². The topological polar surface area (TPSA) is 48.1 Å². The third kappa shape index (κ3) is 2.23. The number of carbonyl (C=O) groups excluding carboxylic acids is 1. The van der Waals surface area contributed by atoms with Crippen LogP contribution in [0, 0.1) is 0 Å². The van der Waals surface area contributed by atoms with E-state index in [1.165, 1.54) is 0 Å². The molecule has 4 nitrogen and oxygen atoms in total. The molecule has 1 atom stereocenters. The van der Waals surface area contributed by atoms with Gasteiger partial charge in [-0.25, -0.2) is 0 Å². The van der Waals surface area contributed by atoms with Crippen molar-refractivity contribution in [2.45, 2.75) is 6.10 Å². The number of rotatable bonds is 5. The fraction of sp³-hybridized carbons (Fsp3) is 0.300. The average Bonchev–Trinajstić information content (AvgIpc) is 3.01. The summed E-state index contributed by atoms with van der Waals surface area (Å²) in [6.07, 6.45) is 0.194. The van der Waals surface area contributed by atoms with E-state index in [1.54, 1.807) is 18.2 Å². The third-order valence-corrected chi connectivity index (χ3v) is 1.85. The summed E-state index contributed by atoms with van der Waals surface area (Å²) in [6.45, 7) is 1.63. The van der Waals surface area contributed by atoms with E-state index in [0.29, 0.717) is 24.6 Å². The Bertz CT molecular complexity index is 320. The lowest BCUT2D eigenvalue weighted by atomic mass is 10.3. The molecule has 2 rings (SSSR count). The number of epoxide rings is 1. The summed E-state index contributed by atoms with van der Waals surface area (Å²) in [4.78, 5) is 10.2. The van der Waals surface area contributed by atoms with Gasteiger partial charge in [-0.1, -0.05) is 12.1 Å². The van der Waals surface area contributed by atoms with Gasteiger partial charge in [0.2, 0.25) is 0 Å². The monoisotopic (exact) mass is 194 g/mol. The third-order valence-electron chi connectivity index (χ3n) is 1.85. The van der Waals surface area contributed by atoms with Crippen molar-refractivity contribution in [3.05, 3.63) is 24.3 Å². The zero-order chi connectivity index (χ0) is 9.80. The first-order chi connectivity index (χ1) is 6.90. The molecule has 0 saturated carbocycles. The largest absolute Gasteiger partial charge is 0.487 e. The van der Waals surface area contributed by atoms with Gasteiger partial charge in [0.1, 0.15) is 12.7 Å². The average molecular weight is 194 g/mol. The summed E-state index contributed by atoms with van der Waals surface area (Å²) >= 11 is 0. The Hall–Kier alpha value is -1.55. The number of para-hydroxylation sites is 2. The Morgan fingerprint density at radius 1 is 1.43 bits per heavy atom. The highest BCUT2D eigenvalue weighted by Crippen LogP contribution is 2.26. The predicted octanol–water partition coefficient (Wildman–Crippen LogP) is 0.999. The van der Waals surface area contributed by atoms with Crippen LogP contribution in [0.15, 0.2) is 24.3 Å². The van der Waals surface area contributed by atoms with Crippen LogP contribution in [0.4, 0.5) is 0 Å². The number of benzene rings is 1. The van der Waals surface area contributed by atoms with Crippen molar-refractivity contribution >= 4 is 6.47 Å². The molecule has 1 aliphatic heterocycles. The van der Waals surface area contributed by atoms with Gasteiger partial charge in [-0.3, -0.25) is 4.79 Å². The van der Waals surface area contributed by atoms with Gasteiger partial charge >= 0.3 is 0 Å². The fourth-order valence-corrected chi connectivity index (χ4v) is 1.07. The van der Waals surface area contributed by atoms with E-state index >= 15 is 0 Å².